The topological polar surface area (TPSA) is 34.6 Å². The van der Waals surface area contributed by atoms with E-state index in [0.717, 1.165) is 39.8 Å². The molecule has 1 saturated heterocycles. The van der Waals surface area contributed by atoms with Crippen LogP contribution in [0.5, 0.6) is 11.5 Å². The van der Waals surface area contributed by atoms with Crippen LogP contribution in [0.2, 0.25) is 0 Å². The Balaban J connectivity index is 2.09. The zero-order valence-corrected chi connectivity index (χ0v) is 11.2. The van der Waals surface area contributed by atoms with Gasteiger partial charge in [0.25, 0.3) is 0 Å². The van der Waals surface area contributed by atoms with Crippen LogP contribution in [0, 0.1) is 0 Å². The third-order valence-corrected chi connectivity index (χ3v) is 4.02. The SMILES string of the molecule is COc1cc2cnc(N3CSC3)cc2cc1OC. The fourth-order valence-corrected chi connectivity index (χ4v) is 2.58. The van der Waals surface area contributed by atoms with Crippen LogP contribution in [-0.2, 0) is 0 Å². The van der Waals surface area contributed by atoms with Gasteiger partial charge in [0.05, 0.1) is 26.0 Å². The predicted molar refractivity (Wildman–Crippen MR) is 74.7 cm³/mol. The molecule has 0 spiro atoms. The van der Waals surface area contributed by atoms with E-state index in [2.05, 4.69) is 16.0 Å². The van der Waals surface area contributed by atoms with Crippen molar-refractivity contribution in [3.05, 3.63) is 24.4 Å². The summed E-state index contributed by atoms with van der Waals surface area (Å²) in [7, 11) is 3.29. The van der Waals surface area contributed by atoms with Gasteiger partial charge in [0.15, 0.2) is 11.5 Å². The van der Waals surface area contributed by atoms with Crippen LogP contribution in [0.1, 0.15) is 0 Å². The molecule has 0 unspecified atom stereocenters. The van der Waals surface area contributed by atoms with E-state index in [4.69, 9.17) is 9.47 Å². The Kier molecular flexibility index (Phi) is 2.91. The zero-order chi connectivity index (χ0) is 12.5. The Hall–Kier alpha value is -1.62. The fraction of sp³-hybridized carbons (Fsp3) is 0.308. The summed E-state index contributed by atoms with van der Waals surface area (Å²) < 4.78 is 10.6. The molecule has 4 nitrogen and oxygen atoms in total. The number of benzene rings is 1. The summed E-state index contributed by atoms with van der Waals surface area (Å²) >= 11 is 1.90. The van der Waals surface area contributed by atoms with E-state index in [9.17, 15) is 0 Å². The summed E-state index contributed by atoms with van der Waals surface area (Å²) in [4.78, 5) is 6.71. The lowest BCUT2D eigenvalue weighted by Crippen LogP contribution is -2.32. The van der Waals surface area contributed by atoms with Gasteiger partial charge in [0.1, 0.15) is 5.82 Å². The minimum Gasteiger partial charge on any atom is -0.493 e. The Morgan fingerprint density at radius 3 is 2.28 bits per heavy atom. The van der Waals surface area contributed by atoms with Crippen molar-refractivity contribution in [3.63, 3.8) is 0 Å². The second kappa shape index (κ2) is 4.57. The lowest BCUT2D eigenvalue weighted by atomic mass is 10.1. The van der Waals surface area contributed by atoms with Gasteiger partial charge in [-0.25, -0.2) is 4.98 Å². The molecule has 5 heteroatoms. The number of pyridine rings is 1. The smallest absolute Gasteiger partial charge is 0.161 e. The molecule has 0 amide bonds. The molecule has 94 valence electrons. The minimum atomic E-state index is 0.735. The second-order valence-electron chi connectivity index (χ2n) is 4.10. The van der Waals surface area contributed by atoms with Gasteiger partial charge in [-0.1, -0.05) is 0 Å². The summed E-state index contributed by atoms with van der Waals surface area (Å²) in [6, 6.07) is 6.04. The summed E-state index contributed by atoms with van der Waals surface area (Å²) in [5, 5.41) is 2.18. The molecule has 18 heavy (non-hydrogen) atoms. The van der Waals surface area contributed by atoms with Gasteiger partial charge >= 0.3 is 0 Å². The van der Waals surface area contributed by atoms with Gasteiger partial charge < -0.3 is 14.4 Å². The van der Waals surface area contributed by atoms with E-state index in [-0.39, 0.29) is 0 Å². The summed E-state index contributed by atoms with van der Waals surface area (Å²) in [5.74, 6) is 4.55. The standard InChI is InChI=1S/C13H14N2O2S/c1-16-11-3-9-5-13(15-7-18-8-15)14-6-10(9)4-12(11)17-2/h3-6H,7-8H2,1-2H3. The first kappa shape index (κ1) is 11.5. The predicted octanol–water partition coefficient (Wildman–Crippen LogP) is 2.72. The second-order valence-corrected chi connectivity index (χ2v) is 5.02. The van der Waals surface area contributed by atoms with Crippen molar-refractivity contribution >= 4 is 28.4 Å². The van der Waals surface area contributed by atoms with Crippen LogP contribution in [0.25, 0.3) is 10.8 Å². The first-order valence-electron chi connectivity index (χ1n) is 5.66. The number of anilines is 1. The first-order valence-corrected chi connectivity index (χ1v) is 6.82. The van der Waals surface area contributed by atoms with E-state index in [1.165, 1.54) is 0 Å². The first-order chi connectivity index (χ1) is 8.81. The highest BCUT2D eigenvalue weighted by Crippen LogP contribution is 2.34. The molecular weight excluding hydrogens is 248 g/mol. The normalized spacial score (nSPS) is 14.4. The molecule has 1 aromatic heterocycles. The number of hydrogen-bond donors (Lipinski definition) is 0. The minimum absolute atomic E-state index is 0.735. The van der Waals surface area contributed by atoms with Crippen molar-refractivity contribution < 1.29 is 9.47 Å². The lowest BCUT2D eigenvalue weighted by molar-refractivity contribution is 0.356. The maximum absolute atomic E-state index is 5.32. The number of ether oxygens (including phenoxy) is 2. The van der Waals surface area contributed by atoms with Crippen molar-refractivity contribution in [2.24, 2.45) is 0 Å². The molecule has 1 aliphatic rings. The highest BCUT2D eigenvalue weighted by Gasteiger charge is 2.16. The van der Waals surface area contributed by atoms with Crippen molar-refractivity contribution in [3.8, 4) is 11.5 Å². The van der Waals surface area contributed by atoms with Crippen molar-refractivity contribution in [2.45, 2.75) is 0 Å². The number of rotatable bonds is 3. The number of hydrogen-bond acceptors (Lipinski definition) is 5. The maximum atomic E-state index is 5.32. The van der Waals surface area contributed by atoms with Gasteiger partial charge in [0, 0.05) is 11.6 Å². The number of thioether (sulfide) groups is 1. The van der Waals surface area contributed by atoms with Crippen LogP contribution >= 0.6 is 11.8 Å². The van der Waals surface area contributed by atoms with Gasteiger partial charge in [-0.15, -0.1) is 11.8 Å². The molecule has 1 aliphatic heterocycles. The number of aromatic nitrogens is 1. The molecule has 0 atom stereocenters. The van der Waals surface area contributed by atoms with Crippen molar-refractivity contribution in [1.82, 2.24) is 4.98 Å². The number of methoxy groups -OCH3 is 2. The van der Waals surface area contributed by atoms with E-state index in [1.807, 2.05) is 30.1 Å². The molecule has 0 radical (unpaired) electrons. The van der Waals surface area contributed by atoms with Crippen molar-refractivity contribution in [2.75, 3.05) is 30.9 Å². The summed E-state index contributed by atoms with van der Waals surface area (Å²) in [6.07, 6.45) is 1.88. The Morgan fingerprint density at radius 1 is 1.06 bits per heavy atom. The van der Waals surface area contributed by atoms with Gasteiger partial charge in [0.2, 0.25) is 0 Å². The van der Waals surface area contributed by atoms with Gasteiger partial charge in [-0.05, 0) is 23.6 Å². The van der Waals surface area contributed by atoms with Gasteiger partial charge in [-0.2, -0.15) is 0 Å². The van der Waals surface area contributed by atoms with Crippen LogP contribution < -0.4 is 14.4 Å². The van der Waals surface area contributed by atoms with E-state index in [1.54, 1.807) is 14.2 Å². The summed E-state index contributed by atoms with van der Waals surface area (Å²) in [6.45, 7) is 0. The molecule has 0 bridgehead atoms. The van der Waals surface area contributed by atoms with Gasteiger partial charge in [-0.3, -0.25) is 0 Å². The highest BCUT2D eigenvalue weighted by molar-refractivity contribution is 8.00. The fourth-order valence-electron chi connectivity index (χ4n) is 1.95. The highest BCUT2D eigenvalue weighted by atomic mass is 32.2. The molecule has 1 fully saturated rings. The van der Waals surface area contributed by atoms with Crippen LogP contribution in [0.3, 0.4) is 0 Å². The molecule has 0 saturated carbocycles. The molecule has 0 aliphatic carbocycles. The molecule has 2 heterocycles. The zero-order valence-electron chi connectivity index (χ0n) is 10.3. The van der Waals surface area contributed by atoms with E-state index >= 15 is 0 Å². The largest absolute Gasteiger partial charge is 0.493 e. The number of fused-ring (bicyclic) bond motifs is 1. The molecule has 1 aromatic carbocycles. The third kappa shape index (κ3) is 1.84. The van der Waals surface area contributed by atoms with Crippen LogP contribution in [0.15, 0.2) is 24.4 Å². The average molecular weight is 262 g/mol. The van der Waals surface area contributed by atoms with Crippen LogP contribution in [-0.4, -0.2) is 31.0 Å². The third-order valence-electron chi connectivity index (χ3n) is 3.03. The maximum Gasteiger partial charge on any atom is 0.161 e. The number of nitrogens with zero attached hydrogens (tertiary/aromatic N) is 2. The Labute approximate surface area is 110 Å². The lowest BCUT2D eigenvalue weighted by Gasteiger charge is -2.31. The molecule has 2 aromatic rings. The Morgan fingerprint density at radius 2 is 1.72 bits per heavy atom. The summed E-state index contributed by atoms with van der Waals surface area (Å²) in [5.41, 5.74) is 0. The molecule has 0 N–H and O–H groups in total. The van der Waals surface area contributed by atoms with E-state index in [0.29, 0.717) is 0 Å². The Bertz CT molecular complexity index is 584. The van der Waals surface area contributed by atoms with Crippen molar-refractivity contribution in [1.29, 1.82) is 0 Å². The van der Waals surface area contributed by atoms with E-state index < -0.39 is 0 Å². The van der Waals surface area contributed by atoms with Crippen LogP contribution in [0.4, 0.5) is 5.82 Å². The molecule has 3 rings (SSSR count). The average Bonchev–Trinajstić information content (AvgIpc) is 2.35. The monoisotopic (exact) mass is 262 g/mol. The molecular formula is C13H14N2O2S. The quantitative estimate of drug-likeness (QED) is 0.849.